The maximum absolute atomic E-state index is 13.3. The second kappa shape index (κ2) is 8.59. The van der Waals surface area contributed by atoms with Crippen LogP contribution in [0.3, 0.4) is 0 Å². The predicted molar refractivity (Wildman–Crippen MR) is 129 cm³/mol. The number of hydrogen-bond acceptors (Lipinski definition) is 7. The Kier molecular flexibility index (Phi) is 6.34. The molecule has 0 heterocycles. The molecule has 2 aliphatic carbocycles. The molecular formula is C26H34O7S. The van der Waals surface area contributed by atoms with Gasteiger partial charge in [-0.15, -0.1) is 0 Å². The molecule has 3 unspecified atom stereocenters. The summed E-state index contributed by atoms with van der Waals surface area (Å²) in [5.74, 6) is -0.796. The first kappa shape index (κ1) is 25.1. The van der Waals surface area contributed by atoms with Gasteiger partial charge in [0.05, 0.1) is 18.3 Å². The van der Waals surface area contributed by atoms with Crippen LogP contribution in [0.25, 0.3) is 10.8 Å². The molecular weight excluding hydrogens is 456 g/mol. The number of benzene rings is 2. The van der Waals surface area contributed by atoms with Gasteiger partial charge in [-0.05, 0) is 60.1 Å². The summed E-state index contributed by atoms with van der Waals surface area (Å²) in [5, 5.41) is 1.88. The molecule has 4 rings (SSSR count). The summed E-state index contributed by atoms with van der Waals surface area (Å²) in [6.07, 6.45) is 0.886. The van der Waals surface area contributed by atoms with Crippen LogP contribution in [0.5, 0.6) is 5.75 Å². The Morgan fingerprint density at radius 3 is 2.26 bits per heavy atom. The van der Waals surface area contributed by atoms with Crippen molar-refractivity contribution in [3.05, 3.63) is 42.0 Å². The van der Waals surface area contributed by atoms with Gasteiger partial charge in [0.2, 0.25) is 5.79 Å². The largest absolute Gasteiger partial charge is 0.497 e. The van der Waals surface area contributed by atoms with Crippen molar-refractivity contribution >= 4 is 26.7 Å². The van der Waals surface area contributed by atoms with Crippen LogP contribution in [-0.4, -0.2) is 47.4 Å². The van der Waals surface area contributed by atoms with Crippen LogP contribution in [0, 0.1) is 16.7 Å². The monoisotopic (exact) mass is 490 g/mol. The first-order chi connectivity index (χ1) is 15.9. The first-order valence-corrected chi connectivity index (χ1v) is 13.2. The molecule has 7 nitrogen and oxygen atoms in total. The van der Waals surface area contributed by atoms with E-state index in [1.165, 1.54) is 14.2 Å². The number of fused-ring (bicyclic) bond motifs is 3. The third kappa shape index (κ3) is 3.75. The number of ether oxygens (including phenoxy) is 3. The van der Waals surface area contributed by atoms with Crippen LogP contribution in [0.1, 0.15) is 45.6 Å². The Morgan fingerprint density at radius 2 is 1.71 bits per heavy atom. The summed E-state index contributed by atoms with van der Waals surface area (Å²) in [5.41, 5.74) is -0.654. The summed E-state index contributed by atoms with van der Waals surface area (Å²) in [6.45, 7) is 5.62. The highest BCUT2D eigenvalue weighted by atomic mass is 32.2. The van der Waals surface area contributed by atoms with Crippen LogP contribution < -0.4 is 4.74 Å². The number of rotatable bonds is 9. The van der Waals surface area contributed by atoms with Gasteiger partial charge in [0.15, 0.2) is 0 Å². The molecule has 2 aromatic rings. The fourth-order valence-electron chi connectivity index (χ4n) is 6.18. The van der Waals surface area contributed by atoms with E-state index < -0.39 is 27.4 Å². The van der Waals surface area contributed by atoms with Gasteiger partial charge < -0.3 is 14.2 Å². The average Bonchev–Trinajstić information content (AvgIpc) is 3.13. The molecule has 0 aliphatic heterocycles. The second-order valence-electron chi connectivity index (χ2n) is 10.1. The second-order valence-corrected chi connectivity index (χ2v) is 11.7. The van der Waals surface area contributed by atoms with Crippen molar-refractivity contribution in [1.29, 1.82) is 0 Å². The fraction of sp³-hybridized carbons (Fsp3) is 0.577. The fourth-order valence-corrected chi connectivity index (χ4v) is 8.10. The van der Waals surface area contributed by atoms with E-state index in [0.717, 1.165) is 22.9 Å². The first-order valence-electron chi connectivity index (χ1n) is 11.6. The van der Waals surface area contributed by atoms with Crippen molar-refractivity contribution in [2.75, 3.05) is 27.1 Å². The third-order valence-electron chi connectivity index (χ3n) is 8.44. The molecule has 2 bridgehead atoms. The van der Waals surface area contributed by atoms with Gasteiger partial charge in [-0.3, -0.25) is 8.98 Å². The zero-order valence-electron chi connectivity index (χ0n) is 20.7. The zero-order valence-corrected chi connectivity index (χ0v) is 21.5. The molecule has 2 fully saturated rings. The molecule has 2 aliphatic rings. The lowest BCUT2D eigenvalue weighted by molar-refractivity contribution is -0.257. The maximum atomic E-state index is 13.3. The molecule has 0 N–H and O–H groups in total. The highest BCUT2D eigenvalue weighted by molar-refractivity contribution is 7.86. The quantitative estimate of drug-likeness (QED) is 0.380. The minimum Gasteiger partial charge on any atom is -0.497 e. The van der Waals surface area contributed by atoms with E-state index in [1.807, 2.05) is 50.2 Å². The topological polar surface area (TPSA) is 88.1 Å². The van der Waals surface area contributed by atoms with Crippen molar-refractivity contribution in [3.63, 3.8) is 0 Å². The summed E-state index contributed by atoms with van der Waals surface area (Å²) in [7, 11) is 0.453. The van der Waals surface area contributed by atoms with E-state index in [0.29, 0.717) is 18.4 Å². The summed E-state index contributed by atoms with van der Waals surface area (Å²) >= 11 is 0. The van der Waals surface area contributed by atoms with Crippen molar-refractivity contribution in [3.8, 4) is 5.75 Å². The van der Waals surface area contributed by atoms with Crippen LogP contribution >= 0.6 is 0 Å². The van der Waals surface area contributed by atoms with Crippen LogP contribution in [0.2, 0.25) is 0 Å². The summed E-state index contributed by atoms with van der Waals surface area (Å²) in [6, 6.07) is 11.3. The SMILES string of the molecule is COc1ccc2cc(C(OC)(OC)C(C)OS(=O)(=O)CC34CCC(CC3=O)C4(C)C)ccc2c1. The van der Waals surface area contributed by atoms with E-state index in [4.69, 9.17) is 18.4 Å². The minimum absolute atomic E-state index is 0.0308. The van der Waals surface area contributed by atoms with Gasteiger partial charge in [0, 0.05) is 26.2 Å². The standard InChI is InChI=1S/C26H34O7S/c1-17(33-34(28,29)16-25-12-11-20(15-23(25)27)24(25,2)3)26(31-5,32-6)21-9-7-19-14-22(30-4)10-8-18(19)13-21/h7-10,13-14,17,20H,11-12,15-16H2,1-6H3. The van der Waals surface area contributed by atoms with Gasteiger partial charge in [0.25, 0.3) is 10.1 Å². The van der Waals surface area contributed by atoms with Gasteiger partial charge in [-0.1, -0.05) is 32.0 Å². The normalized spacial score (nSPS) is 25.1. The highest BCUT2D eigenvalue weighted by Gasteiger charge is 2.65. The van der Waals surface area contributed by atoms with Crippen molar-refractivity contribution in [2.45, 2.75) is 51.9 Å². The van der Waals surface area contributed by atoms with E-state index >= 15 is 0 Å². The number of carbonyl (C=O) groups excluding carboxylic acids is 1. The van der Waals surface area contributed by atoms with Gasteiger partial charge in [0.1, 0.15) is 17.6 Å². The van der Waals surface area contributed by atoms with E-state index in [1.54, 1.807) is 14.0 Å². The number of ketones is 1. The third-order valence-corrected chi connectivity index (χ3v) is 9.87. The molecule has 186 valence electrons. The Morgan fingerprint density at radius 1 is 1.06 bits per heavy atom. The number of Topliss-reactive ketones (excluding diaryl/α,β-unsaturated/α-hetero) is 1. The minimum atomic E-state index is -4.07. The average molecular weight is 491 g/mol. The maximum Gasteiger partial charge on any atom is 0.268 e. The molecule has 8 heteroatoms. The summed E-state index contributed by atoms with van der Waals surface area (Å²) < 4.78 is 49.1. The molecule has 0 aromatic heterocycles. The van der Waals surface area contributed by atoms with Crippen molar-refractivity contribution < 1.29 is 31.6 Å². The smallest absolute Gasteiger partial charge is 0.268 e. The molecule has 2 aromatic carbocycles. The molecule has 0 saturated heterocycles. The lowest BCUT2D eigenvalue weighted by Crippen LogP contribution is -2.47. The zero-order chi connectivity index (χ0) is 24.9. The van der Waals surface area contributed by atoms with E-state index in [-0.39, 0.29) is 22.9 Å². The summed E-state index contributed by atoms with van der Waals surface area (Å²) in [4.78, 5) is 12.9. The van der Waals surface area contributed by atoms with E-state index in [9.17, 15) is 13.2 Å². The lowest BCUT2D eigenvalue weighted by Gasteiger charge is -2.38. The molecule has 0 amide bonds. The Hall–Kier alpha value is -2.00. The lowest BCUT2D eigenvalue weighted by atomic mass is 9.70. The Bertz CT molecular complexity index is 1200. The molecule has 2 saturated carbocycles. The Balaban J connectivity index is 1.63. The van der Waals surface area contributed by atoms with Crippen LogP contribution in [0.4, 0.5) is 0 Å². The van der Waals surface area contributed by atoms with E-state index in [2.05, 4.69) is 0 Å². The molecule has 3 atom stereocenters. The van der Waals surface area contributed by atoms with Crippen molar-refractivity contribution in [1.82, 2.24) is 0 Å². The predicted octanol–water partition coefficient (Wildman–Crippen LogP) is 4.42. The Labute approximate surface area is 201 Å². The number of carbonyl (C=O) groups is 1. The number of hydrogen-bond donors (Lipinski definition) is 0. The molecule has 34 heavy (non-hydrogen) atoms. The van der Waals surface area contributed by atoms with Gasteiger partial charge in [-0.2, -0.15) is 8.42 Å². The number of methoxy groups -OCH3 is 3. The van der Waals surface area contributed by atoms with Crippen molar-refractivity contribution in [2.24, 2.45) is 16.7 Å². The highest BCUT2D eigenvalue weighted by Crippen LogP contribution is 2.64. The van der Waals surface area contributed by atoms with Crippen LogP contribution in [0.15, 0.2) is 36.4 Å². The molecule has 0 radical (unpaired) electrons. The molecule has 0 spiro atoms. The van der Waals surface area contributed by atoms with Gasteiger partial charge >= 0.3 is 0 Å². The van der Waals surface area contributed by atoms with Gasteiger partial charge in [-0.25, -0.2) is 0 Å². The van der Waals surface area contributed by atoms with Crippen LogP contribution in [-0.2, 0) is 34.4 Å².